The molecule has 0 amide bonds. The van der Waals surface area contributed by atoms with Crippen molar-refractivity contribution in [2.75, 3.05) is 6.61 Å². The van der Waals surface area contributed by atoms with Crippen LogP contribution in [0, 0.1) is 11.3 Å². The number of nitriles is 1. The molecule has 0 fully saturated rings. The van der Waals surface area contributed by atoms with Gasteiger partial charge in [0.05, 0.1) is 17.9 Å². The lowest BCUT2D eigenvalue weighted by molar-refractivity contribution is 0.344. The predicted octanol–water partition coefficient (Wildman–Crippen LogP) is 5.37. The summed E-state index contributed by atoms with van der Waals surface area (Å²) in [4.78, 5) is 4.37. The molecule has 4 nitrogen and oxygen atoms in total. The molecule has 0 bridgehead atoms. The molecule has 0 saturated carbocycles. The molecule has 0 aliphatic carbocycles. The van der Waals surface area contributed by atoms with Crippen molar-refractivity contribution >= 4 is 23.8 Å². The molecule has 25 heavy (non-hydrogen) atoms. The van der Waals surface area contributed by atoms with Crippen LogP contribution in [0.25, 0.3) is 16.9 Å². The van der Waals surface area contributed by atoms with Gasteiger partial charge in [-0.3, -0.25) is 4.57 Å². The van der Waals surface area contributed by atoms with E-state index in [4.69, 9.17) is 16.3 Å². The van der Waals surface area contributed by atoms with Gasteiger partial charge in [0, 0.05) is 10.7 Å². The topological polar surface area (TPSA) is 50.3 Å². The number of rotatable bonds is 5. The van der Waals surface area contributed by atoms with Crippen LogP contribution >= 0.6 is 11.6 Å². The molecule has 3 aromatic rings. The van der Waals surface area contributed by atoms with E-state index in [0.29, 0.717) is 23.0 Å². The first-order valence-corrected chi connectivity index (χ1v) is 8.23. The molecule has 0 N–H and O–H groups in total. The zero-order chi connectivity index (χ0) is 17.6. The van der Waals surface area contributed by atoms with Crippen molar-refractivity contribution in [3.05, 3.63) is 71.2 Å². The minimum Gasteiger partial charge on any atom is -0.483 e. The minimum absolute atomic E-state index is 0.477. The van der Waals surface area contributed by atoms with Crippen LogP contribution in [-0.4, -0.2) is 17.6 Å². The van der Waals surface area contributed by atoms with E-state index < -0.39 is 0 Å². The van der Waals surface area contributed by atoms with E-state index >= 15 is 0 Å². The Morgan fingerprint density at radius 2 is 1.88 bits per heavy atom. The van der Waals surface area contributed by atoms with Crippen molar-refractivity contribution in [2.24, 2.45) is 4.99 Å². The van der Waals surface area contributed by atoms with Crippen LogP contribution in [0.15, 0.2) is 65.7 Å². The van der Waals surface area contributed by atoms with Crippen molar-refractivity contribution in [1.82, 2.24) is 4.57 Å². The van der Waals surface area contributed by atoms with Crippen LogP contribution in [0.2, 0.25) is 5.02 Å². The summed E-state index contributed by atoms with van der Waals surface area (Å²) >= 11 is 6.00. The van der Waals surface area contributed by atoms with Crippen LogP contribution in [0.3, 0.4) is 0 Å². The molecule has 0 unspecified atom stereocenters. The lowest BCUT2D eigenvalue weighted by Gasteiger charge is -2.11. The standard InChI is InChI=1S/C20H16ClN3O/c1-2-25-14-23-20-16(13-22)12-19(15-8-10-17(21)11-9-15)24(20)18-6-4-3-5-7-18/h3-12,14H,2H2,1H3/b23-14+. The Morgan fingerprint density at radius 1 is 1.16 bits per heavy atom. The minimum atomic E-state index is 0.477. The lowest BCUT2D eigenvalue weighted by Crippen LogP contribution is -1.97. The molecule has 1 aromatic heterocycles. The Hall–Kier alpha value is -3.03. The summed E-state index contributed by atoms with van der Waals surface area (Å²) in [6.07, 6.45) is 1.38. The summed E-state index contributed by atoms with van der Waals surface area (Å²) in [5.41, 5.74) is 3.20. The molecular weight excluding hydrogens is 334 g/mol. The molecule has 3 rings (SSSR count). The summed E-state index contributed by atoms with van der Waals surface area (Å²) in [5.74, 6) is 0.534. The third-order valence-electron chi connectivity index (χ3n) is 3.67. The Morgan fingerprint density at radius 3 is 2.52 bits per heavy atom. The summed E-state index contributed by atoms with van der Waals surface area (Å²) in [7, 11) is 0. The Bertz CT molecular complexity index is 922. The van der Waals surface area contributed by atoms with E-state index in [9.17, 15) is 5.26 Å². The van der Waals surface area contributed by atoms with Crippen molar-refractivity contribution in [3.63, 3.8) is 0 Å². The van der Waals surface area contributed by atoms with Gasteiger partial charge in [-0.2, -0.15) is 5.26 Å². The zero-order valence-corrected chi connectivity index (χ0v) is 14.4. The Kier molecular flexibility index (Phi) is 5.17. The van der Waals surface area contributed by atoms with E-state index in [-0.39, 0.29) is 0 Å². The second kappa shape index (κ2) is 7.69. The summed E-state index contributed by atoms with van der Waals surface area (Å²) in [6.45, 7) is 2.40. The van der Waals surface area contributed by atoms with Crippen LogP contribution in [0.5, 0.6) is 0 Å². The molecular formula is C20H16ClN3O. The predicted molar refractivity (Wildman–Crippen MR) is 101 cm³/mol. The number of aromatic nitrogens is 1. The number of nitrogens with zero attached hydrogens (tertiary/aromatic N) is 3. The van der Waals surface area contributed by atoms with E-state index in [1.54, 1.807) is 0 Å². The number of hydrogen-bond acceptors (Lipinski definition) is 3. The number of ether oxygens (including phenoxy) is 1. The van der Waals surface area contributed by atoms with Crippen molar-refractivity contribution < 1.29 is 4.74 Å². The maximum atomic E-state index is 9.55. The molecule has 0 saturated heterocycles. The monoisotopic (exact) mass is 349 g/mol. The van der Waals surface area contributed by atoms with Gasteiger partial charge in [0.1, 0.15) is 6.07 Å². The van der Waals surface area contributed by atoms with Crippen LogP contribution < -0.4 is 0 Å². The van der Waals surface area contributed by atoms with Gasteiger partial charge in [-0.05, 0) is 42.8 Å². The van der Waals surface area contributed by atoms with Gasteiger partial charge in [-0.15, -0.1) is 0 Å². The van der Waals surface area contributed by atoms with Crippen molar-refractivity contribution in [2.45, 2.75) is 6.92 Å². The molecule has 0 atom stereocenters. The van der Waals surface area contributed by atoms with Crippen LogP contribution in [0.4, 0.5) is 5.82 Å². The SMILES string of the molecule is CCO/C=N/c1c(C#N)cc(-c2ccc(Cl)cc2)n1-c1ccccc1. The molecule has 0 radical (unpaired) electrons. The molecule has 0 aliphatic rings. The fraction of sp³-hybridized carbons (Fsp3) is 0.100. The summed E-state index contributed by atoms with van der Waals surface area (Å²) in [5, 5.41) is 10.2. The van der Waals surface area contributed by atoms with E-state index in [1.807, 2.05) is 72.2 Å². The van der Waals surface area contributed by atoms with Gasteiger partial charge in [-0.25, -0.2) is 4.99 Å². The van der Waals surface area contributed by atoms with Gasteiger partial charge in [0.25, 0.3) is 0 Å². The third kappa shape index (κ3) is 3.57. The molecule has 0 spiro atoms. The second-order valence-corrected chi connectivity index (χ2v) is 5.68. The highest BCUT2D eigenvalue weighted by Gasteiger charge is 2.17. The van der Waals surface area contributed by atoms with Gasteiger partial charge in [0.15, 0.2) is 12.2 Å². The summed E-state index contributed by atoms with van der Waals surface area (Å²) in [6, 6.07) is 21.3. The van der Waals surface area contributed by atoms with Crippen LogP contribution in [-0.2, 0) is 4.74 Å². The lowest BCUT2D eigenvalue weighted by atomic mass is 10.1. The van der Waals surface area contributed by atoms with E-state index in [1.165, 1.54) is 6.40 Å². The van der Waals surface area contributed by atoms with Crippen LogP contribution in [0.1, 0.15) is 12.5 Å². The number of para-hydroxylation sites is 1. The molecule has 2 aromatic carbocycles. The first-order chi connectivity index (χ1) is 12.2. The summed E-state index contributed by atoms with van der Waals surface area (Å²) < 4.78 is 7.17. The smallest absolute Gasteiger partial charge is 0.176 e. The average Bonchev–Trinajstić information content (AvgIpc) is 3.02. The highest BCUT2D eigenvalue weighted by atomic mass is 35.5. The number of aliphatic imine (C=N–C) groups is 1. The van der Waals surface area contributed by atoms with E-state index in [2.05, 4.69) is 11.1 Å². The molecule has 0 aliphatic heterocycles. The number of hydrogen-bond donors (Lipinski definition) is 0. The zero-order valence-electron chi connectivity index (χ0n) is 13.7. The number of benzene rings is 2. The Balaban J connectivity index is 2.24. The van der Waals surface area contributed by atoms with Gasteiger partial charge in [-0.1, -0.05) is 41.9 Å². The van der Waals surface area contributed by atoms with E-state index in [0.717, 1.165) is 16.9 Å². The molecule has 1 heterocycles. The number of halogens is 1. The quantitative estimate of drug-likeness (QED) is 0.459. The fourth-order valence-corrected chi connectivity index (χ4v) is 2.67. The maximum Gasteiger partial charge on any atom is 0.176 e. The van der Waals surface area contributed by atoms with Crippen molar-refractivity contribution in [1.29, 1.82) is 5.26 Å². The fourth-order valence-electron chi connectivity index (χ4n) is 2.54. The van der Waals surface area contributed by atoms with Gasteiger partial charge in [0.2, 0.25) is 0 Å². The molecule has 124 valence electrons. The molecule has 5 heteroatoms. The normalized spacial score (nSPS) is 10.8. The third-order valence-corrected chi connectivity index (χ3v) is 3.92. The maximum absolute atomic E-state index is 9.55. The highest BCUT2D eigenvalue weighted by Crippen LogP contribution is 2.34. The van der Waals surface area contributed by atoms with Gasteiger partial charge >= 0.3 is 0 Å². The first kappa shape index (κ1) is 16.8. The Labute approximate surface area is 151 Å². The van der Waals surface area contributed by atoms with Gasteiger partial charge < -0.3 is 4.74 Å². The largest absolute Gasteiger partial charge is 0.483 e. The highest BCUT2D eigenvalue weighted by molar-refractivity contribution is 6.30. The first-order valence-electron chi connectivity index (χ1n) is 7.86. The van der Waals surface area contributed by atoms with Crippen molar-refractivity contribution in [3.8, 4) is 23.0 Å². The second-order valence-electron chi connectivity index (χ2n) is 5.25. The average molecular weight is 350 g/mol.